The van der Waals surface area contributed by atoms with Crippen molar-refractivity contribution in [3.05, 3.63) is 86.6 Å². The molecule has 1 heterocycles. The fourth-order valence-electron chi connectivity index (χ4n) is 3.39. The number of thioether (sulfide) groups is 1. The Morgan fingerprint density at radius 2 is 1.71 bits per heavy atom. The zero-order valence-corrected chi connectivity index (χ0v) is 20.1. The Morgan fingerprint density at radius 1 is 1.06 bits per heavy atom. The van der Waals surface area contributed by atoms with Gasteiger partial charge in [0.05, 0.1) is 17.6 Å². The third-order valence-corrected chi connectivity index (χ3v) is 6.43. The molecule has 2 aromatic rings. The number of azide groups is 2. The van der Waals surface area contributed by atoms with Gasteiger partial charge in [-0.25, -0.2) is 4.79 Å². The minimum Gasteiger partial charge on any atom is -0.462 e. The molecule has 35 heavy (non-hydrogen) atoms. The normalized spacial score (nSPS) is 23.3. The van der Waals surface area contributed by atoms with Crippen LogP contribution in [0, 0.1) is 6.92 Å². The molecule has 2 aromatic carbocycles. The Bertz CT molecular complexity index is 1120. The van der Waals surface area contributed by atoms with Crippen molar-refractivity contribution in [2.24, 2.45) is 10.2 Å². The maximum Gasteiger partial charge on any atom is 0.338 e. The lowest BCUT2D eigenvalue weighted by Crippen LogP contribution is -2.57. The first-order valence-corrected chi connectivity index (χ1v) is 11.8. The van der Waals surface area contributed by atoms with Crippen molar-refractivity contribution in [3.8, 4) is 0 Å². The molecule has 182 valence electrons. The van der Waals surface area contributed by atoms with Crippen LogP contribution in [-0.4, -0.2) is 54.2 Å². The van der Waals surface area contributed by atoms with Gasteiger partial charge in [0, 0.05) is 14.7 Å². The fraction of sp³-hybridized carbons (Fsp3) is 0.364. The minimum absolute atomic E-state index is 0.282. The zero-order chi connectivity index (χ0) is 25.2. The summed E-state index contributed by atoms with van der Waals surface area (Å²) in [4.78, 5) is 31.0. The highest BCUT2D eigenvalue weighted by molar-refractivity contribution is 7.99. The molecule has 0 bridgehead atoms. The summed E-state index contributed by atoms with van der Waals surface area (Å²) in [5.41, 5.74) is 18.8. The average molecular weight is 517 g/mol. The summed E-state index contributed by atoms with van der Waals surface area (Å²) in [5.74, 6) is -1.74. The number of benzene rings is 2. The van der Waals surface area contributed by atoms with Crippen molar-refractivity contribution in [1.29, 1.82) is 0 Å². The van der Waals surface area contributed by atoms with Crippen LogP contribution in [0.2, 0.25) is 0 Å². The summed E-state index contributed by atoms with van der Waals surface area (Å²) >= 11 is 6.74. The molecule has 3 rings (SSSR count). The minimum atomic E-state index is -1.14. The van der Waals surface area contributed by atoms with Gasteiger partial charge >= 0.3 is 11.9 Å². The molecule has 13 heteroatoms. The molecule has 0 saturated carbocycles. The van der Waals surface area contributed by atoms with Gasteiger partial charge in [0.1, 0.15) is 30.1 Å². The predicted molar refractivity (Wildman–Crippen MR) is 129 cm³/mol. The van der Waals surface area contributed by atoms with Gasteiger partial charge in [0.2, 0.25) is 0 Å². The standard InChI is InChI=1S/C22H21ClN6O5S/c1-13-7-9-15(10-8-13)35-22-20(34-21(31)14-5-3-2-4-6-14)19(27-29-25)18(26-28-24)16(33-22)12-32-17(30)11-23/h2-10,16,18-20,22H,11-12H2,1H3/t16-,18-,19-,20-,22+/m1/s1. The molecule has 0 radical (unpaired) electrons. The number of alkyl halides is 1. The van der Waals surface area contributed by atoms with Gasteiger partial charge in [-0.05, 0) is 42.3 Å². The van der Waals surface area contributed by atoms with E-state index in [0.29, 0.717) is 0 Å². The van der Waals surface area contributed by atoms with Gasteiger partial charge in [-0.1, -0.05) is 57.9 Å². The van der Waals surface area contributed by atoms with Crippen molar-refractivity contribution in [2.75, 3.05) is 12.5 Å². The van der Waals surface area contributed by atoms with Crippen molar-refractivity contribution in [3.63, 3.8) is 0 Å². The lowest BCUT2D eigenvalue weighted by molar-refractivity contribution is -0.153. The van der Waals surface area contributed by atoms with E-state index in [9.17, 15) is 15.1 Å². The first kappa shape index (κ1) is 26.2. The van der Waals surface area contributed by atoms with E-state index in [4.69, 9.17) is 31.3 Å². The molecular weight excluding hydrogens is 496 g/mol. The Balaban J connectivity index is 1.98. The third kappa shape index (κ3) is 7.05. The summed E-state index contributed by atoms with van der Waals surface area (Å²) in [6, 6.07) is 13.6. The number of carbonyl (C=O) groups excluding carboxylic acids is 2. The van der Waals surface area contributed by atoms with Gasteiger partial charge in [-0.3, -0.25) is 4.79 Å². The number of carbonyl (C=O) groups is 2. The molecule has 1 fully saturated rings. The van der Waals surface area contributed by atoms with Crippen LogP contribution in [-0.2, 0) is 19.0 Å². The largest absolute Gasteiger partial charge is 0.462 e. The first-order valence-electron chi connectivity index (χ1n) is 10.4. The topological polar surface area (TPSA) is 159 Å². The molecule has 0 unspecified atom stereocenters. The number of hydrogen-bond acceptors (Lipinski definition) is 8. The van der Waals surface area contributed by atoms with Crippen molar-refractivity contribution >= 4 is 35.3 Å². The quantitative estimate of drug-likeness (QED) is 0.147. The number of aryl methyl sites for hydroxylation is 1. The smallest absolute Gasteiger partial charge is 0.338 e. The van der Waals surface area contributed by atoms with E-state index in [0.717, 1.165) is 10.5 Å². The maximum absolute atomic E-state index is 12.9. The van der Waals surface area contributed by atoms with E-state index in [2.05, 4.69) is 20.1 Å². The van der Waals surface area contributed by atoms with Crippen LogP contribution >= 0.6 is 23.4 Å². The number of ether oxygens (including phenoxy) is 3. The third-order valence-electron chi connectivity index (χ3n) is 5.06. The summed E-state index contributed by atoms with van der Waals surface area (Å²) in [6.45, 7) is 1.64. The molecular formula is C22H21ClN6O5S. The molecule has 0 aromatic heterocycles. The summed E-state index contributed by atoms with van der Waals surface area (Å²) in [6.07, 6.45) is -2.11. The highest BCUT2D eigenvalue weighted by Gasteiger charge is 2.48. The number of rotatable bonds is 9. The van der Waals surface area contributed by atoms with E-state index in [-0.39, 0.29) is 18.1 Å². The maximum atomic E-state index is 12.9. The number of nitrogens with zero attached hydrogens (tertiary/aromatic N) is 6. The Kier molecular flexibility index (Phi) is 9.66. The number of hydrogen-bond donors (Lipinski definition) is 0. The van der Waals surface area contributed by atoms with Crippen LogP contribution in [0.1, 0.15) is 15.9 Å². The fourth-order valence-corrected chi connectivity index (χ4v) is 4.58. The summed E-state index contributed by atoms with van der Waals surface area (Å²) in [7, 11) is 0. The summed E-state index contributed by atoms with van der Waals surface area (Å²) in [5, 5.41) is 7.51. The number of esters is 2. The lowest BCUT2D eigenvalue weighted by Gasteiger charge is -2.42. The Labute approximate surface area is 209 Å². The second kappa shape index (κ2) is 12.9. The van der Waals surface area contributed by atoms with Gasteiger partial charge in [0.15, 0.2) is 0 Å². The van der Waals surface area contributed by atoms with Gasteiger partial charge in [0.25, 0.3) is 0 Å². The molecule has 1 aliphatic rings. The van der Waals surface area contributed by atoms with E-state index in [1.165, 1.54) is 11.8 Å². The monoisotopic (exact) mass is 516 g/mol. The lowest BCUT2D eigenvalue weighted by atomic mass is 9.95. The molecule has 1 saturated heterocycles. The second-order valence-electron chi connectivity index (χ2n) is 7.42. The first-order chi connectivity index (χ1) is 17.0. The molecule has 0 N–H and O–H groups in total. The molecule has 1 aliphatic heterocycles. The molecule has 5 atom stereocenters. The molecule has 11 nitrogen and oxygen atoms in total. The average Bonchev–Trinajstić information content (AvgIpc) is 2.87. The zero-order valence-electron chi connectivity index (χ0n) is 18.5. The van der Waals surface area contributed by atoms with Crippen molar-refractivity contribution in [1.82, 2.24) is 0 Å². The predicted octanol–water partition coefficient (Wildman–Crippen LogP) is 5.18. The van der Waals surface area contributed by atoms with Crippen LogP contribution in [0.5, 0.6) is 0 Å². The highest BCUT2D eigenvalue weighted by atomic mass is 35.5. The summed E-state index contributed by atoms with van der Waals surface area (Å²) < 4.78 is 17.0. The molecule has 0 amide bonds. The van der Waals surface area contributed by atoms with Crippen LogP contribution in [0.4, 0.5) is 0 Å². The van der Waals surface area contributed by atoms with Gasteiger partial charge in [-0.15, -0.1) is 11.6 Å². The van der Waals surface area contributed by atoms with E-state index >= 15 is 0 Å². The van der Waals surface area contributed by atoms with Crippen molar-refractivity contribution < 1.29 is 23.8 Å². The van der Waals surface area contributed by atoms with Crippen LogP contribution in [0.25, 0.3) is 20.9 Å². The van der Waals surface area contributed by atoms with Gasteiger partial charge < -0.3 is 14.2 Å². The van der Waals surface area contributed by atoms with Gasteiger partial charge in [-0.2, -0.15) is 0 Å². The Morgan fingerprint density at radius 3 is 2.34 bits per heavy atom. The van der Waals surface area contributed by atoms with E-state index in [1.807, 2.05) is 31.2 Å². The molecule has 0 aliphatic carbocycles. The van der Waals surface area contributed by atoms with Crippen molar-refractivity contribution in [2.45, 2.75) is 41.5 Å². The van der Waals surface area contributed by atoms with E-state index < -0.39 is 41.7 Å². The van der Waals surface area contributed by atoms with Crippen LogP contribution in [0.15, 0.2) is 69.7 Å². The SMILES string of the molecule is Cc1ccc(S[C@@H]2O[C@H](COC(=O)CCl)[C@@H](N=[N+]=[N-])[C@@H](N=[N+]=[N-])[C@H]2OC(=O)c2ccccc2)cc1. The molecule has 0 spiro atoms. The van der Waals surface area contributed by atoms with Crippen LogP contribution in [0.3, 0.4) is 0 Å². The highest BCUT2D eigenvalue weighted by Crippen LogP contribution is 2.38. The Hall–Kier alpha value is -3.40. The van der Waals surface area contributed by atoms with Crippen LogP contribution < -0.4 is 0 Å². The second-order valence-corrected chi connectivity index (χ2v) is 8.86. The van der Waals surface area contributed by atoms with E-state index in [1.54, 1.807) is 30.3 Å². The number of halogens is 1.